The van der Waals surface area contributed by atoms with Crippen LogP contribution in [0.1, 0.15) is 26.2 Å². The molecule has 0 bridgehead atoms. The number of piperazine rings is 1. The van der Waals surface area contributed by atoms with E-state index in [9.17, 15) is 14.4 Å². The quantitative estimate of drug-likeness (QED) is 0.361. The van der Waals surface area contributed by atoms with Gasteiger partial charge in [0.2, 0.25) is 11.8 Å². The lowest BCUT2D eigenvalue weighted by atomic mass is 10.1. The van der Waals surface area contributed by atoms with Gasteiger partial charge in [0, 0.05) is 13.1 Å². The fourth-order valence-electron chi connectivity index (χ4n) is 2.69. The number of benzene rings is 1. The zero-order valence-electron chi connectivity index (χ0n) is 15.4. The minimum atomic E-state index is -0.901. The number of carbonyl (C=O) groups is 3. The average Bonchev–Trinajstić information content (AvgIpc) is 2.65. The van der Waals surface area contributed by atoms with E-state index in [0.29, 0.717) is 40.5 Å². The molecule has 1 atom stereocenters. The minimum Gasteiger partial charge on any atom is -0.466 e. The van der Waals surface area contributed by atoms with Gasteiger partial charge in [-0.1, -0.05) is 48.1 Å². The Morgan fingerprint density at radius 3 is 2.68 bits per heavy atom. The van der Waals surface area contributed by atoms with E-state index in [1.165, 1.54) is 17.0 Å². The molecule has 1 aliphatic rings. The number of nitrogens with zero attached hydrogens (tertiary/aromatic N) is 1. The molecule has 0 aromatic heterocycles. The molecule has 0 radical (unpaired) electrons. The van der Waals surface area contributed by atoms with Crippen LogP contribution in [0.3, 0.4) is 0 Å². The third-order valence-electron chi connectivity index (χ3n) is 4.21. The van der Waals surface area contributed by atoms with Gasteiger partial charge in [-0.15, -0.1) is 0 Å². The first kappa shape index (κ1) is 22.6. The molecular formula is C18H22Cl3N3O4. The summed E-state index contributed by atoms with van der Waals surface area (Å²) in [5.41, 5.74) is 0.446. The number of hydrogen-bond donors (Lipinski definition) is 2. The Labute approximate surface area is 178 Å². The monoisotopic (exact) mass is 449 g/mol. The smallest absolute Gasteiger partial charge is 0.308 e. The number of unbranched alkanes of at least 4 members (excludes halogenated alkanes) is 1. The van der Waals surface area contributed by atoms with Crippen molar-refractivity contribution >= 4 is 58.3 Å². The molecule has 1 unspecified atom stereocenters. The van der Waals surface area contributed by atoms with Crippen LogP contribution in [-0.4, -0.2) is 55.0 Å². The summed E-state index contributed by atoms with van der Waals surface area (Å²) in [4.78, 5) is 38.2. The zero-order valence-corrected chi connectivity index (χ0v) is 17.7. The molecular weight excluding hydrogens is 429 g/mol. The predicted octanol–water partition coefficient (Wildman–Crippen LogP) is 3.12. The lowest BCUT2D eigenvalue weighted by molar-refractivity contribution is -0.151. The minimum absolute atomic E-state index is 0.119. The van der Waals surface area contributed by atoms with E-state index >= 15 is 0 Å². The van der Waals surface area contributed by atoms with Crippen LogP contribution in [0.5, 0.6) is 0 Å². The number of rotatable bonds is 8. The largest absolute Gasteiger partial charge is 0.466 e. The number of amides is 2. The van der Waals surface area contributed by atoms with Gasteiger partial charge >= 0.3 is 5.97 Å². The van der Waals surface area contributed by atoms with E-state index in [2.05, 4.69) is 10.6 Å². The SMILES string of the molecule is CCCCOC(=O)CC1C(=O)NCCN1C(=O)CNc1cc(Cl)c(Cl)cc1Cl. The second-order valence-corrected chi connectivity index (χ2v) is 7.49. The van der Waals surface area contributed by atoms with Crippen LogP contribution in [0.4, 0.5) is 5.69 Å². The maximum atomic E-state index is 12.7. The van der Waals surface area contributed by atoms with Crippen molar-refractivity contribution in [3.8, 4) is 0 Å². The van der Waals surface area contributed by atoms with Gasteiger partial charge < -0.3 is 20.3 Å². The van der Waals surface area contributed by atoms with Crippen molar-refractivity contribution in [3.05, 3.63) is 27.2 Å². The highest BCUT2D eigenvalue weighted by atomic mass is 35.5. The summed E-state index contributed by atoms with van der Waals surface area (Å²) in [5, 5.41) is 6.48. The number of nitrogens with one attached hydrogen (secondary N) is 2. The second-order valence-electron chi connectivity index (χ2n) is 6.27. The summed E-state index contributed by atoms with van der Waals surface area (Å²) >= 11 is 18.0. The molecule has 1 fully saturated rings. The van der Waals surface area contributed by atoms with Crippen LogP contribution >= 0.6 is 34.8 Å². The van der Waals surface area contributed by atoms with E-state index < -0.39 is 12.0 Å². The lowest BCUT2D eigenvalue weighted by Crippen LogP contribution is -2.58. The number of ether oxygens (including phenoxy) is 1. The average molecular weight is 451 g/mol. The van der Waals surface area contributed by atoms with Crippen LogP contribution in [0.2, 0.25) is 15.1 Å². The molecule has 0 spiro atoms. The van der Waals surface area contributed by atoms with Gasteiger partial charge in [-0.3, -0.25) is 14.4 Å². The molecule has 0 aliphatic carbocycles. The van der Waals surface area contributed by atoms with Gasteiger partial charge in [-0.25, -0.2) is 0 Å². The van der Waals surface area contributed by atoms with Crippen molar-refractivity contribution in [2.75, 3.05) is 31.6 Å². The van der Waals surface area contributed by atoms with E-state index in [0.717, 1.165) is 12.8 Å². The van der Waals surface area contributed by atoms with Gasteiger partial charge in [0.15, 0.2) is 0 Å². The fourth-order valence-corrected chi connectivity index (χ4v) is 3.31. The third kappa shape index (κ3) is 6.15. The molecule has 1 saturated heterocycles. The summed E-state index contributed by atoms with van der Waals surface area (Å²) in [6.45, 7) is 2.78. The number of hydrogen-bond acceptors (Lipinski definition) is 5. The van der Waals surface area contributed by atoms with Gasteiger partial charge in [-0.2, -0.15) is 0 Å². The molecule has 1 aromatic carbocycles. The summed E-state index contributed by atoms with van der Waals surface area (Å²) in [6, 6.07) is 2.09. The van der Waals surface area contributed by atoms with Crippen LogP contribution < -0.4 is 10.6 Å². The van der Waals surface area contributed by atoms with Gasteiger partial charge in [-0.05, 0) is 18.6 Å². The summed E-state index contributed by atoms with van der Waals surface area (Å²) in [6.07, 6.45) is 1.46. The molecule has 2 amide bonds. The normalized spacial score (nSPS) is 16.5. The van der Waals surface area contributed by atoms with Crippen molar-refractivity contribution in [1.29, 1.82) is 0 Å². The Morgan fingerprint density at radius 2 is 1.96 bits per heavy atom. The van der Waals surface area contributed by atoms with E-state index in [4.69, 9.17) is 39.5 Å². The summed E-state index contributed by atoms with van der Waals surface area (Å²) in [7, 11) is 0. The van der Waals surface area contributed by atoms with E-state index in [1.54, 1.807) is 0 Å². The van der Waals surface area contributed by atoms with Gasteiger partial charge in [0.25, 0.3) is 0 Å². The first-order valence-corrected chi connectivity index (χ1v) is 10.1. The van der Waals surface area contributed by atoms with Gasteiger partial charge in [0.05, 0.1) is 40.3 Å². The molecule has 10 heteroatoms. The van der Waals surface area contributed by atoms with Crippen molar-refractivity contribution in [2.24, 2.45) is 0 Å². The second kappa shape index (κ2) is 10.7. The number of halogens is 3. The number of esters is 1. The summed E-state index contributed by atoms with van der Waals surface area (Å²) in [5.74, 6) is -1.23. The van der Waals surface area contributed by atoms with Crippen molar-refractivity contribution < 1.29 is 19.1 Å². The maximum Gasteiger partial charge on any atom is 0.308 e. The predicted molar refractivity (Wildman–Crippen MR) is 109 cm³/mol. The van der Waals surface area contributed by atoms with Crippen LogP contribution in [0.15, 0.2) is 12.1 Å². The molecule has 154 valence electrons. The maximum absolute atomic E-state index is 12.7. The molecule has 7 nitrogen and oxygen atoms in total. The fraction of sp³-hybridized carbons (Fsp3) is 0.500. The first-order valence-electron chi connectivity index (χ1n) is 8.94. The first-order chi connectivity index (χ1) is 13.3. The van der Waals surface area contributed by atoms with E-state index in [1.807, 2.05) is 6.92 Å². The molecule has 0 saturated carbocycles. The molecule has 2 rings (SSSR count). The van der Waals surface area contributed by atoms with Crippen LogP contribution in [-0.2, 0) is 19.1 Å². The Bertz CT molecular complexity index is 745. The molecule has 1 aromatic rings. The van der Waals surface area contributed by atoms with Crippen molar-refractivity contribution in [3.63, 3.8) is 0 Å². The Kier molecular flexibility index (Phi) is 8.66. The Balaban J connectivity index is 1.99. The van der Waals surface area contributed by atoms with Gasteiger partial charge in [0.1, 0.15) is 6.04 Å². The molecule has 28 heavy (non-hydrogen) atoms. The standard InChI is InChI=1S/C18H22Cl3N3O4/c1-2-3-6-28-17(26)9-15-18(27)22-4-5-24(15)16(25)10-23-14-8-12(20)11(19)7-13(14)21/h7-8,15,23H,2-6,9-10H2,1H3,(H,22,27). The lowest BCUT2D eigenvalue weighted by Gasteiger charge is -2.34. The van der Waals surface area contributed by atoms with Crippen LogP contribution in [0.25, 0.3) is 0 Å². The Morgan fingerprint density at radius 1 is 1.25 bits per heavy atom. The molecule has 2 N–H and O–H groups in total. The zero-order chi connectivity index (χ0) is 20.7. The van der Waals surface area contributed by atoms with E-state index in [-0.39, 0.29) is 24.8 Å². The van der Waals surface area contributed by atoms with Crippen molar-refractivity contribution in [2.45, 2.75) is 32.2 Å². The number of anilines is 1. The number of carbonyl (C=O) groups excluding carboxylic acids is 3. The Hall–Kier alpha value is -1.70. The topological polar surface area (TPSA) is 87.7 Å². The highest BCUT2D eigenvalue weighted by Crippen LogP contribution is 2.32. The van der Waals surface area contributed by atoms with Crippen LogP contribution in [0, 0.1) is 0 Å². The van der Waals surface area contributed by atoms with Crippen molar-refractivity contribution in [1.82, 2.24) is 10.2 Å². The summed E-state index contributed by atoms with van der Waals surface area (Å²) < 4.78 is 5.11. The third-order valence-corrected chi connectivity index (χ3v) is 5.25. The highest BCUT2D eigenvalue weighted by Gasteiger charge is 2.35. The molecule has 1 aliphatic heterocycles. The molecule has 1 heterocycles. The highest BCUT2D eigenvalue weighted by molar-refractivity contribution is 6.44.